The summed E-state index contributed by atoms with van der Waals surface area (Å²) in [5, 5.41) is 24.8. The molecule has 0 aromatic heterocycles. The van der Waals surface area contributed by atoms with Gasteiger partial charge < -0.3 is 61.4 Å². The molecular formula is C61H104O15Si3. The summed E-state index contributed by atoms with van der Waals surface area (Å²) in [5.41, 5.74) is -1.40. The smallest absolute Gasteiger partial charge is 0.338 e. The van der Waals surface area contributed by atoms with Crippen LogP contribution >= 0.6 is 0 Å². The SMILES string of the molecule is CC[Si](CC)(CC)O[C@@H]1[C@@H](OC(=O)c2ccc(OC)cc2)[C@H](O[C@@H]2[C@@H](OC(C)=O)[C@H](O[C@H]3C[C@H]4[C@@H]5C[C@@H](OC)[C@@]67C[C@@H]6CC[C@]7(C)[C@H]5CC[C@]4(C)[C@@]3(O)[C@H](C)CO)OC[C@@H]2O[Si](CC)(CC)CC)OC[C@H]1O[Si](CC)(CC)CC. The number of carbonyl (C=O) groups excluding carboxylic acids is 2. The molecule has 0 radical (unpaired) electrons. The average Bonchev–Trinajstić information content (AvgIpc) is 2.10. The van der Waals surface area contributed by atoms with Crippen LogP contribution in [-0.4, -0.2) is 148 Å². The van der Waals surface area contributed by atoms with Crippen molar-refractivity contribution < 1.29 is 71.0 Å². The van der Waals surface area contributed by atoms with Gasteiger partial charge >= 0.3 is 11.9 Å². The van der Waals surface area contributed by atoms with Gasteiger partial charge in [0.1, 0.15) is 23.6 Å². The summed E-state index contributed by atoms with van der Waals surface area (Å²) in [7, 11) is -3.79. The Bertz CT molecular complexity index is 2170. The van der Waals surface area contributed by atoms with Crippen LogP contribution in [0.1, 0.15) is 145 Å². The minimum atomic E-state index is -2.48. The highest BCUT2D eigenvalue weighted by Gasteiger charge is 2.79. The number of fused-ring (bicyclic) bond motifs is 4. The van der Waals surface area contributed by atoms with Gasteiger partial charge in [0.2, 0.25) is 0 Å². The molecule has 7 aliphatic rings. The molecule has 0 unspecified atom stereocenters. The molecule has 0 amide bonds. The summed E-state index contributed by atoms with van der Waals surface area (Å²) < 4.78 is 75.9. The number of rotatable bonds is 26. The molecule has 8 rings (SSSR count). The molecule has 2 aliphatic heterocycles. The summed E-state index contributed by atoms with van der Waals surface area (Å²) >= 11 is 0. The van der Waals surface area contributed by atoms with E-state index in [1.807, 2.05) is 14.0 Å². The summed E-state index contributed by atoms with van der Waals surface area (Å²) in [6.45, 7) is 27.6. The van der Waals surface area contributed by atoms with E-state index in [2.05, 4.69) is 76.2 Å². The normalized spacial score (nSPS) is 39.5. The fourth-order valence-corrected chi connectivity index (χ4v) is 26.2. The Hall–Kier alpha value is -1.79. The van der Waals surface area contributed by atoms with E-state index in [1.54, 1.807) is 31.4 Å². The Morgan fingerprint density at radius 3 is 1.68 bits per heavy atom. The van der Waals surface area contributed by atoms with E-state index in [0.29, 0.717) is 23.7 Å². The maximum atomic E-state index is 14.7. The summed E-state index contributed by atoms with van der Waals surface area (Å²) in [5.74, 6) is 0.426. The van der Waals surface area contributed by atoms with Crippen LogP contribution in [0.5, 0.6) is 5.75 Å². The minimum Gasteiger partial charge on any atom is -0.497 e. The van der Waals surface area contributed by atoms with E-state index < -0.39 is 109 Å². The molecule has 1 aromatic rings. The van der Waals surface area contributed by atoms with Gasteiger partial charge in [-0.1, -0.05) is 83.1 Å². The quantitative estimate of drug-likeness (QED) is 0.0661. The van der Waals surface area contributed by atoms with Crippen LogP contribution in [0.25, 0.3) is 0 Å². The summed E-state index contributed by atoms with van der Waals surface area (Å²) in [4.78, 5) is 28.4. The third-order valence-electron chi connectivity index (χ3n) is 23.3. The van der Waals surface area contributed by atoms with Crippen LogP contribution in [0.4, 0.5) is 0 Å². The van der Waals surface area contributed by atoms with Gasteiger partial charge in [0.05, 0.1) is 50.3 Å². The molecule has 2 saturated heterocycles. The predicted octanol–water partition coefficient (Wildman–Crippen LogP) is 11.4. The van der Waals surface area contributed by atoms with Crippen molar-refractivity contribution in [2.75, 3.05) is 34.0 Å². The molecule has 19 atom stereocenters. The minimum absolute atomic E-state index is 0.0227. The highest BCUT2D eigenvalue weighted by atomic mass is 28.4. The van der Waals surface area contributed by atoms with Gasteiger partial charge in [-0.05, 0) is 153 Å². The number of hydrogen-bond donors (Lipinski definition) is 2. The van der Waals surface area contributed by atoms with Crippen molar-refractivity contribution in [3.63, 3.8) is 0 Å². The zero-order valence-corrected chi connectivity index (χ0v) is 54.1. The van der Waals surface area contributed by atoms with E-state index in [-0.39, 0.29) is 48.6 Å². The molecular weight excluding hydrogens is 1060 g/mol. The molecule has 5 saturated carbocycles. The zero-order valence-electron chi connectivity index (χ0n) is 51.1. The van der Waals surface area contributed by atoms with Crippen LogP contribution in [0.15, 0.2) is 24.3 Å². The average molecular weight is 1160 g/mol. The Morgan fingerprint density at radius 1 is 0.658 bits per heavy atom. The number of aliphatic hydroxyl groups is 2. The van der Waals surface area contributed by atoms with Gasteiger partial charge in [0.15, 0.2) is 49.7 Å². The number of carbonyl (C=O) groups is 2. The van der Waals surface area contributed by atoms with Crippen molar-refractivity contribution in [2.24, 2.45) is 45.8 Å². The van der Waals surface area contributed by atoms with Crippen molar-refractivity contribution in [3.8, 4) is 5.75 Å². The second-order valence-electron chi connectivity index (χ2n) is 25.8. The van der Waals surface area contributed by atoms with Crippen LogP contribution in [0.2, 0.25) is 54.4 Å². The number of hydrogen-bond acceptors (Lipinski definition) is 15. The number of methoxy groups -OCH3 is 2. The second-order valence-corrected chi connectivity index (χ2v) is 39.9. The van der Waals surface area contributed by atoms with E-state index in [4.69, 9.17) is 51.2 Å². The van der Waals surface area contributed by atoms with E-state index in [1.165, 1.54) is 26.2 Å². The van der Waals surface area contributed by atoms with Gasteiger partial charge in [-0.25, -0.2) is 4.79 Å². The van der Waals surface area contributed by atoms with E-state index in [0.717, 1.165) is 79.6 Å². The molecule has 7 fully saturated rings. The van der Waals surface area contributed by atoms with Crippen LogP contribution < -0.4 is 4.74 Å². The van der Waals surface area contributed by atoms with E-state index >= 15 is 0 Å². The van der Waals surface area contributed by atoms with Crippen molar-refractivity contribution in [1.82, 2.24) is 0 Å². The Balaban J connectivity index is 1.20. The fourth-order valence-electron chi connectivity index (χ4n) is 17.6. The number of ether oxygens (including phenoxy) is 8. The first-order valence-electron chi connectivity index (χ1n) is 31.1. The number of esters is 2. The lowest BCUT2D eigenvalue weighted by molar-refractivity contribution is -0.343. The van der Waals surface area contributed by atoms with Gasteiger partial charge in [-0.2, -0.15) is 0 Å². The Kier molecular flexibility index (Phi) is 20.0. The first-order chi connectivity index (χ1) is 37.7. The maximum absolute atomic E-state index is 14.7. The molecule has 2 heterocycles. The van der Waals surface area contributed by atoms with Crippen LogP contribution in [-0.2, 0) is 51.2 Å². The van der Waals surface area contributed by atoms with Gasteiger partial charge in [-0.15, -0.1) is 0 Å². The Morgan fingerprint density at radius 2 is 1.18 bits per heavy atom. The summed E-state index contributed by atoms with van der Waals surface area (Å²) in [6, 6.07) is 14.5. The maximum Gasteiger partial charge on any atom is 0.338 e. The molecule has 450 valence electrons. The van der Waals surface area contributed by atoms with Crippen LogP contribution in [0.3, 0.4) is 0 Å². The lowest BCUT2D eigenvalue weighted by Gasteiger charge is -2.61. The molecule has 1 aromatic carbocycles. The van der Waals surface area contributed by atoms with Gasteiger partial charge in [0.25, 0.3) is 0 Å². The molecule has 18 heteroatoms. The molecule has 1 spiro atoms. The van der Waals surface area contributed by atoms with Crippen LogP contribution in [0, 0.1) is 45.8 Å². The monoisotopic (exact) mass is 1160 g/mol. The van der Waals surface area contributed by atoms with Crippen molar-refractivity contribution in [1.29, 1.82) is 0 Å². The highest BCUT2D eigenvalue weighted by molar-refractivity contribution is 6.74. The standard InChI is InChI=1S/C61H104O15Si3/c1-16-77(17-2,18-3)74-47-37-68-56(71-50-34-46-44-33-49(67-15)60-35-42(60)29-31-58(60,12)45(44)30-32-59(46,13)61(50,65)39(10)36-62)53(70-40(11)63)51(47)73-57-54(72-55(64)41-25-27-43(66-14)28-26-41)52(76-79(22-7,23-8)24-9)48(38-69-57)75-78(19-4,20-5)21-6/h25-28,39,42,44-54,56-57,62,65H,16-24,29-38H2,1-15H3/t39-,42+,44-,45+,46+,47+,48-,49-,50+,51+,52+,53-,54-,56+,57+,58-,59+,60-,61-/m1/s1. The fraction of sp³-hybridized carbons (Fsp3) is 0.869. The number of aliphatic hydroxyl groups excluding tert-OH is 1. The first kappa shape index (κ1) is 63.2. The molecule has 79 heavy (non-hydrogen) atoms. The molecule has 0 bridgehead atoms. The number of benzene rings is 1. The first-order valence-corrected chi connectivity index (χ1v) is 38.7. The van der Waals surface area contributed by atoms with Gasteiger partial charge in [-0.3, -0.25) is 4.79 Å². The largest absolute Gasteiger partial charge is 0.497 e. The van der Waals surface area contributed by atoms with E-state index in [9.17, 15) is 19.8 Å². The molecule has 2 N–H and O–H groups in total. The molecule has 15 nitrogen and oxygen atoms in total. The van der Waals surface area contributed by atoms with Crippen molar-refractivity contribution in [2.45, 2.75) is 256 Å². The second kappa shape index (κ2) is 25.0. The van der Waals surface area contributed by atoms with Crippen molar-refractivity contribution in [3.05, 3.63) is 29.8 Å². The third-order valence-corrected chi connectivity index (χ3v) is 37.3. The topological polar surface area (TPSA) is 176 Å². The molecule has 5 aliphatic carbocycles. The predicted molar refractivity (Wildman–Crippen MR) is 310 cm³/mol. The van der Waals surface area contributed by atoms with Gasteiger partial charge in [0, 0.05) is 37.4 Å². The highest BCUT2D eigenvalue weighted by Crippen LogP contribution is 2.82. The Labute approximate surface area is 477 Å². The lowest BCUT2D eigenvalue weighted by atomic mass is 9.44. The van der Waals surface area contributed by atoms with Crippen molar-refractivity contribution >= 4 is 36.9 Å². The zero-order chi connectivity index (χ0) is 57.5. The summed E-state index contributed by atoms with van der Waals surface area (Å²) in [6.07, 6.45) is -1.74. The lowest BCUT2D eigenvalue weighted by Crippen LogP contribution is -2.66. The third kappa shape index (κ3) is 11.0.